The van der Waals surface area contributed by atoms with Gasteiger partial charge in [-0.25, -0.2) is 4.98 Å². The summed E-state index contributed by atoms with van der Waals surface area (Å²) in [5, 5.41) is 12.7. The van der Waals surface area contributed by atoms with Crippen molar-refractivity contribution in [3.8, 4) is 0 Å². The van der Waals surface area contributed by atoms with Crippen molar-refractivity contribution in [3.63, 3.8) is 0 Å². The number of hydrogen-bond donors (Lipinski definition) is 5. The fourth-order valence-electron chi connectivity index (χ4n) is 7.84. The van der Waals surface area contributed by atoms with Crippen molar-refractivity contribution < 1.29 is 24.0 Å². The van der Waals surface area contributed by atoms with Gasteiger partial charge < -0.3 is 35.7 Å². The number of rotatable bonds is 4. The van der Waals surface area contributed by atoms with E-state index in [0.29, 0.717) is 50.9 Å². The molecular formula is C42H48N8O5. The number of carbonyl (C=O) groups is 5. The lowest BCUT2D eigenvalue weighted by Crippen LogP contribution is -2.55. The van der Waals surface area contributed by atoms with Crippen molar-refractivity contribution in [2.45, 2.75) is 71.0 Å². The predicted octanol–water partition coefficient (Wildman–Crippen LogP) is 3.33. The zero-order valence-corrected chi connectivity index (χ0v) is 31.3. The molecule has 0 saturated heterocycles. The summed E-state index contributed by atoms with van der Waals surface area (Å²) >= 11 is 0. The van der Waals surface area contributed by atoms with Crippen LogP contribution in [0.4, 0.5) is 0 Å². The average Bonchev–Trinajstić information content (AvgIpc) is 3.90. The van der Waals surface area contributed by atoms with E-state index >= 15 is 0 Å². The standard InChI is InChI=1S/C42H48N8O5/c1-3-33-41(54)48-36(22-31-24-45-34-13-7-6-12-32(31)34)40(53)44-17-9-19-50-26(2)46-35-15-14-29(23-37(35)50)39(52)43-16-8-18-49(25-38(51)47-33)42(55)30-20-27-10-4-5-11-28(27)21-30/h4-7,10-15,23-24,30,33,36,45H,3,8-9,16-22,25H2,1-2H3,(H,43,52)(H,44,53)(H,47,51)(H,48,54)/t33-,36+/m0/s1. The molecule has 0 fully saturated rings. The molecule has 3 aromatic carbocycles. The molecule has 1 aliphatic carbocycles. The first kappa shape index (κ1) is 37.3. The maximum Gasteiger partial charge on any atom is 0.251 e. The summed E-state index contributed by atoms with van der Waals surface area (Å²) in [6.07, 6.45) is 4.53. The van der Waals surface area contributed by atoms with E-state index < -0.39 is 23.9 Å². The van der Waals surface area contributed by atoms with Crippen LogP contribution in [0.25, 0.3) is 21.9 Å². The number of nitrogens with zero attached hydrogens (tertiary/aromatic N) is 3. The normalized spacial score (nSPS) is 19.6. The number of para-hydroxylation sites is 1. The van der Waals surface area contributed by atoms with Crippen LogP contribution in [0.15, 0.2) is 72.9 Å². The summed E-state index contributed by atoms with van der Waals surface area (Å²) in [5.41, 5.74) is 6.11. The zero-order valence-electron chi connectivity index (χ0n) is 31.3. The van der Waals surface area contributed by atoms with E-state index in [1.807, 2.05) is 78.4 Å². The molecule has 0 saturated carbocycles. The van der Waals surface area contributed by atoms with Gasteiger partial charge in [-0.15, -0.1) is 0 Å². The molecule has 5 aromatic rings. The van der Waals surface area contributed by atoms with Gasteiger partial charge >= 0.3 is 0 Å². The van der Waals surface area contributed by atoms with Gasteiger partial charge in [0.25, 0.3) is 5.91 Å². The first-order chi connectivity index (χ1) is 26.7. The van der Waals surface area contributed by atoms with Gasteiger partial charge in [-0.1, -0.05) is 49.4 Å². The summed E-state index contributed by atoms with van der Waals surface area (Å²) in [4.78, 5) is 78.0. The van der Waals surface area contributed by atoms with Crippen LogP contribution in [0.3, 0.4) is 0 Å². The number of H-pyrrole nitrogens is 1. The second-order valence-electron chi connectivity index (χ2n) is 14.6. The molecule has 7 rings (SSSR count). The Bertz CT molecular complexity index is 2220. The molecule has 13 heteroatoms. The largest absolute Gasteiger partial charge is 0.361 e. The summed E-state index contributed by atoms with van der Waals surface area (Å²) in [7, 11) is 0. The molecule has 2 atom stereocenters. The molecule has 5 amide bonds. The SMILES string of the molecule is CC[C@@H]1NC(=O)CN(C(=O)C2Cc3ccccc3C2)CCCNC(=O)c2ccc3nc(C)n(c3c2)CCCNC(=O)[C@@H](Cc2c[nH]c3ccccc23)NC1=O. The van der Waals surface area contributed by atoms with Crippen LogP contribution in [0.1, 0.15) is 59.1 Å². The lowest BCUT2D eigenvalue weighted by molar-refractivity contribution is -0.140. The molecule has 55 heavy (non-hydrogen) atoms. The third-order valence-electron chi connectivity index (χ3n) is 10.8. The summed E-state index contributed by atoms with van der Waals surface area (Å²) in [5.74, 6) is -1.22. The van der Waals surface area contributed by atoms with Crippen LogP contribution in [0.2, 0.25) is 0 Å². The molecular weight excluding hydrogens is 697 g/mol. The zero-order chi connectivity index (χ0) is 38.5. The quantitative estimate of drug-likeness (QED) is 0.189. The Hall–Kier alpha value is -5.98. The molecule has 0 spiro atoms. The van der Waals surface area contributed by atoms with E-state index in [1.54, 1.807) is 13.0 Å². The molecule has 2 aromatic heterocycles. The number of aromatic amines is 1. The molecule has 1 aliphatic heterocycles. The van der Waals surface area contributed by atoms with E-state index in [-0.39, 0.29) is 49.6 Å². The Morgan fingerprint density at radius 1 is 0.836 bits per heavy atom. The van der Waals surface area contributed by atoms with Crippen LogP contribution >= 0.6 is 0 Å². The van der Waals surface area contributed by atoms with Gasteiger partial charge in [-0.05, 0) is 80.0 Å². The maximum absolute atomic E-state index is 14.0. The smallest absolute Gasteiger partial charge is 0.251 e. The average molecular weight is 745 g/mol. The Balaban J connectivity index is 1.14. The van der Waals surface area contributed by atoms with Gasteiger partial charge in [-0.2, -0.15) is 0 Å². The Kier molecular flexibility index (Phi) is 11.3. The van der Waals surface area contributed by atoms with E-state index in [9.17, 15) is 24.0 Å². The lowest BCUT2D eigenvalue weighted by Gasteiger charge is -2.27. The fraction of sp³-hybridized carbons (Fsp3) is 0.381. The van der Waals surface area contributed by atoms with Gasteiger partial charge in [0.15, 0.2) is 0 Å². The number of fused-ring (bicyclic) bond motifs is 3. The maximum atomic E-state index is 14.0. The number of hydrogen-bond acceptors (Lipinski definition) is 6. The number of amides is 5. The number of aryl methyl sites for hydroxylation is 2. The highest BCUT2D eigenvalue weighted by Gasteiger charge is 2.32. The van der Waals surface area contributed by atoms with Gasteiger partial charge in [0, 0.05) is 61.2 Å². The Morgan fingerprint density at radius 3 is 2.35 bits per heavy atom. The van der Waals surface area contributed by atoms with Crippen molar-refractivity contribution in [2.24, 2.45) is 5.92 Å². The third-order valence-corrected chi connectivity index (χ3v) is 10.8. The first-order valence-corrected chi connectivity index (χ1v) is 19.2. The van der Waals surface area contributed by atoms with E-state index in [1.165, 1.54) is 4.90 Å². The second kappa shape index (κ2) is 16.6. The van der Waals surface area contributed by atoms with E-state index in [4.69, 9.17) is 0 Å². The minimum absolute atomic E-state index is 0.144. The highest BCUT2D eigenvalue weighted by atomic mass is 16.2. The van der Waals surface area contributed by atoms with Crippen molar-refractivity contribution in [1.82, 2.24) is 40.7 Å². The number of nitrogens with one attached hydrogen (secondary N) is 5. The van der Waals surface area contributed by atoms with Crippen LogP contribution in [0, 0.1) is 12.8 Å². The number of aromatic nitrogens is 3. The Morgan fingerprint density at radius 2 is 1.56 bits per heavy atom. The summed E-state index contributed by atoms with van der Waals surface area (Å²) in [6.45, 7) is 4.87. The molecule has 286 valence electrons. The summed E-state index contributed by atoms with van der Waals surface area (Å²) in [6, 6.07) is 19.3. The molecule has 13 nitrogen and oxygen atoms in total. The number of carbonyl (C=O) groups excluding carboxylic acids is 5. The predicted molar refractivity (Wildman–Crippen MR) is 209 cm³/mol. The van der Waals surface area contributed by atoms with E-state index in [0.717, 1.165) is 44.5 Å². The van der Waals surface area contributed by atoms with Gasteiger partial charge in [0.05, 0.1) is 17.6 Å². The van der Waals surface area contributed by atoms with Crippen LogP contribution in [-0.4, -0.2) is 87.2 Å². The molecule has 2 aliphatic rings. The molecule has 0 unspecified atom stereocenters. The number of benzene rings is 3. The lowest BCUT2D eigenvalue weighted by atomic mass is 10.0. The molecule has 3 heterocycles. The minimum Gasteiger partial charge on any atom is -0.361 e. The first-order valence-electron chi connectivity index (χ1n) is 19.2. The van der Waals surface area contributed by atoms with Gasteiger partial charge in [0.2, 0.25) is 23.6 Å². The second-order valence-corrected chi connectivity index (χ2v) is 14.6. The Labute approximate surface area is 319 Å². The van der Waals surface area contributed by atoms with Gasteiger partial charge in [0.1, 0.15) is 17.9 Å². The molecule has 5 N–H and O–H groups in total. The minimum atomic E-state index is -0.934. The van der Waals surface area contributed by atoms with Crippen molar-refractivity contribution in [3.05, 3.63) is 101 Å². The third kappa shape index (κ3) is 8.40. The highest BCUT2D eigenvalue weighted by molar-refractivity contribution is 5.97. The van der Waals surface area contributed by atoms with E-state index in [2.05, 4.69) is 31.2 Å². The van der Waals surface area contributed by atoms with Crippen LogP contribution in [-0.2, 0) is 45.0 Å². The topological polar surface area (TPSA) is 170 Å². The van der Waals surface area contributed by atoms with Crippen molar-refractivity contribution in [2.75, 3.05) is 26.2 Å². The van der Waals surface area contributed by atoms with Crippen LogP contribution < -0.4 is 21.3 Å². The van der Waals surface area contributed by atoms with Gasteiger partial charge in [-0.3, -0.25) is 24.0 Å². The van der Waals surface area contributed by atoms with Crippen LogP contribution in [0.5, 0.6) is 0 Å². The monoisotopic (exact) mass is 744 g/mol. The molecule has 2 bridgehead atoms. The number of imidazole rings is 1. The van der Waals surface area contributed by atoms with Crippen molar-refractivity contribution in [1.29, 1.82) is 0 Å². The highest BCUT2D eigenvalue weighted by Crippen LogP contribution is 2.28. The fourth-order valence-corrected chi connectivity index (χ4v) is 7.84. The summed E-state index contributed by atoms with van der Waals surface area (Å²) < 4.78 is 2.04. The van der Waals surface area contributed by atoms with Crippen molar-refractivity contribution >= 4 is 51.5 Å². The molecule has 0 radical (unpaired) electrons.